The van der Waals surface area contributed by atoms with E-state index in [0.29, 0.717) is 11.4 Å². The molecule has 30 heavy (non-hydrogen) atoms. The molecule has 5 heteroatoms. The van der Waals surface area contributed by atoms with Crippen LogP contribution in [0.2, 0.25) is 0 Å². The fraction of sp³-hybridized carbons (Fsp3) is 0.0800. The number of imidazole rings is 1. The Morgan fingerprint density at radius 1 is 0.867 bits per heavy atom. The smallest absolute Gasteiger partial charge is 0.144 e. The van der Waals surface area contributed by atoms with Gasteiger partial charge in [0.15, 0.2) is 0 Å². The zero-order valence-electron chi connectivity index (χ0n) is 16.7. The largest absolute Gasteiger partial charge is 0.507 e. The standard InChI is InChI=1S/C25H20N4O/c1-16-9-10-23(30)19(12-16)25-28-24-20(14-26-15-22(24)29(25)2)17-6-5-7-18(13-17)21-8-3-4-11-27-21/h3-15,30H,1-2H3. The van der Waals surface area contributed by atoms with E-state index in [2.05, 4.69) is 22.1 Å². The molecule has 5 aromatic rings. The van der Waals surface area contributed by atoms with Gasteiger partial charge in [0.2, 0.25) is 0 Å². The van der Waals surface area contributed by atoms with Crippen LogP contribution in [-0.2, 0) is 7.05 Å². The molecule has 5 nitrogen and oxygen atoms in total. The molecule has 146 valence electrons. The average molecular weight is 392 g/mol. The quantitative estimate of drug-likeness (QED) is 0.448. The Morgan fingerprint density at radius 2 is 1.73 bits per heavy atom. The molecular weight excluding hydrogens is 372 g/mol. The van der Waals surface area contributed by atoms with Crippen molar-refractivity contribution in [2.75, 3.05) is 0 Å². The number of phenolic OH excluding ortho intramolecular Hbond substituents is 1. The predicted molar refractivity (Wildman–Crippen MR) is 119 cm³/mol. The van der Waals surface area contributed by atoms with Gasteiger partial charge < -0.3 is 9.67 Å². The van der Waals surface area contributed by atoms with E-state index in [4.69, 9.17) is 4.98 Å². The Hall–Kier alpha value is -3.99. The SMILES string of the molecule is Cc1ccc(O)c(-c2nc3c(-c4cccc(-c5ccccn5)c4)cncc3n2C)c1. The van der Waals surface area contributed by atoms with Gasteiger partial charge in [0.25, 0.3) is 0 Å². The number of hydrogen-bond acceptors (Lipinski definition) is 4. The lowest BCUT2D eigenvalue weighted by Gasteiger charge is -2.06. The number of nitrogens with zero attached hydrogens (tertiary/aromatic N) is 4. The molecule has 0 aliphatic rings. The minimum absolute atomic E-state index is 0.214. The van der Waals surface area contributed by atoms with Crippen LogP contribution in [0.15, 0.2) is 79.3 Å². The van der Waals surface area contributed by atoms with Crippen LogP contribution in [0.1, 0.15) is 5.56 Å². The van der Waals surface area contributed by atoms with Gasteiger partial charge in [0.05, 0.1) is 23.0 Å². The predicted octanol–water partition coefficient (Wildman–Crippen LogP) is 5.38. The van der Waals surface area contributed by atoms with Crippen LogP contribution in [0.5, 0.6) is 5.75 Å². The molecule has 0 amide bonds. The summed E-state index contributed by atoms with van der Waals surface area (Å²) in [6, 6.07) is 19.7. The van der Waals surface area contributed by atoms with Crippen LogP contribution in [0.3, 0.4) is 0 Å². The number of aromatic nitrogens is 4. The number of benzene rings is 2. The van der Waals surface area contributed by atoms with Gasteiger partial charge in [-0.05, 0) is 42.8 Å². The lowest BCUT2D eigenvalue weighted by Crippen LogP contribution is -1.93. The Kier molecular flexibility index (Phi) is 4.29. The van der Waals surface area contributed by atoms with E-state index in [9.17, 15) is 5.11 Å². The highest BCUT2D eigenvalue weighted by Gasteiger charge is 2.17. The van der Waals surface area contributed by atoms with E-state index in [0.717, 1.165) is 39.0 Å². The minimum Gasteiger partial charge on any atom is -0.507 e. The maximum Gasteiger partial charge on any atom is 0.144 e. The summed E-state index contributed by atoms with van der Waals surface area (Å²) in [4.78, 5) is 13.8. The van der Waals surface area contributed by atoms with Gasteiger partial charge in [-0.15, -0.1) is 0 Å². The van der Waals surface area contributed by atoms with E-state index in [-0.39, 0.29) is 5.75 Å². The third-order valence-corrected chi connectivity index (χ3v) is 5.32. The molecule has 0 bridgehead atoms. The molecule has 1 N–H and O–H groups in total. The first-order valence-electron chi connectivity index (χ1n) is 9.74. The number of fused-ring (bicyclic) bond motifs is 1. The second-order valence-corrected chi connectivity index (χ2v) is 7.37. The van der Waals surface area contributed by atoms with E-state index in [1.165, 1.54) is 0 Å². The van der Waals surface area contributed by atoms with Crippen molar-refractivity contribution in [2.24, 2.45) is 7.05 Å². The number of rotatable bonds is 3. The van der Waals surface area contributed by atoms with Gasteiger partial charge in [-0.3, -0.25) is 9.97 Å². The molecule has 0 saturated heterocycles. The zero-order chi connectivity index (χ0) is 20.7. The molecule has 3 aromatic heterocycles. The third kappa shape index (κ3) is 3.01. The van der Waals surface area contributed by atoms with Crippen LogP contribution >= 0.6 is 0 Å². The summed E-state index contributed by atoms with van der Waals surface area (Å²) in [5.41, 5.74) is 7.46. The molecule has 0 fully saturated rings. The summed E-state index contributed by atoms with van der Waals surface area (Å²) < 4.78 is 1.98. The number of phenols is 1. The third-order valence-electron chi connectivity index (χ3n) is 5.32. The number of aromatic hydroxyl groups is 1. The van der Waals surface area contributed by atoms with Crippen LogP contribution in [0.4, 0.5) is 0 Å². The van der Waals surface area contributed by atoms with Gasteiger partial charge >= 0.3 is 0 Å². The summed E-state index contributed by atoms with van der Waals surface area (Å²) in [5, 5.41) is 10.4. The summed E-state index contributed by atoms with van der Waals surface area (Å²) in [6.07, 6.45) is 5.45. The molecule has 0 radical (unpaired) electrons. The van der Waals surface area contributed by atoms with Crippen molar-refractivity contribution in [1.82, 2.24) is 19.5 Å². The molecule has 0 saturated carbocycles. The first-order chi connectivity index (χ1) is 14.6. The van der Waals surface area contributed by atoms with Crippen LogP contribution in [0.25, 0.3) is 44.8 Å². The normalized spacial score (nSPS) is 11.1. The molecule has 0 aliphatic heterocycles. The molecule has 0 atom stereocenters. The molecule has 3 heterocycles. The highest BCUT2D eigenvalue weighted by atomic mass is 16.3. The van der Waals surface area contributed by atoms with Crippen molar-refractivity contribution in [3.63, 3.8) is 0 Å². The van der Waals surface area contributed by atoms with Gasteiger partial charge in [-0.2, -0.15) is 0 Å². The molecule has 0 aliphatic carbocycles. The van der Waals surface area contributed by atoms with Gasteiger partial charge in [-0.1, -0.05) is 35.9 Å². The van der Waals surface area contributed by atoms with Crippen molar-refractivity contribution < 1.29 is 5.11 Å². The lowest BCUT2D eigenvalue weighted by atomic mass is 10.0. The van der Waals surface area contributed by atoms with E-state index in [1.54, 1.807) is 12.3 Å². The van der Waals surface area contributed by atoms with Crippen molar-refractivity contribution in [1.29, 1.82) is 0 Å². The zero-order valence-corrected chi connectivity index (χ0v) is 16.7. The second-order valence-electron chi connectivity index (χ2n) is 7.37. The van der Waals surface area contributed by atoms with Crippen molar-refractivity contribution >= 4 is 11.0 Å². The van der Waals surface area contributed by atoms with E-state index >= 15 is 0 Å². The van der Waals surface area contributed by atoms with Gasteiger partial charge in [0.1, 0.15) is 17.1 Å². The Balaban J connectivity index is 1.70. The summed E-state index contributed by atoms with van der Waals surface area (Å²) in [5.74, 6) is 0.923. The molecular formula is C25H20N4O. The van der Waals surface area contributed by atoms with Crippen LogP contribution in [-0.4, -0.2) is 24.6 Å². The summed E-state index contributed by atoms with van der Waals surface area (Å²) >= 11 is 0. The first kappa shape index (κ1) is 18.1. The van der Waals surface area contributed by atoms with E-state index in [1.807, 2.05) is 73.4 Å². The lowest BCUT2D eigenvalue weighted by molar-refractivity contribution is 0.476. The Bertz CT molecular complexity index is 1370. The fourth-order valence-corrected chi connectivity index (χ4v) is 3.76. The van der Waals surface area contributed by atoms with Gasteiger partial charge in [-0.25, -0.2) is 4.98 Å². The topological polar surface area (TPSA) is 63.8 Å². The average Bonchev–Trinajstić information content (AvgIpc) is 3.12. The van der Waals surface area contributed by atoms with Crippen molar-refractivity contribution in [2.45, 2.75) is 6.92 Å². The van der Waals surface area contributed by atoms with Crippen molar-refractivity contribution in [3.05, 3.63) is 84.8 Å². The van der Waals surface area contributed by atoms with Crippen molar-refractivity contribution in [3.8, 4) is 39.5 Å². The summed E-state index contributed by atoms with van der Waals surface area (Å²) in [7, 11) is 1.95. The van der Waals surface area contributed by atoms with Crippen LogP contribution in [0, 0.1) is 6.92 Å². The number of pyridine rings is 2. The maximum absolute atomic E-state index is 10.4. The molecule has 5 rings (SSSR count). The monoisotopic (exact) mass is 392 g/mol. The van der Waals surface area contributed by atoms with E-state index < -0.39 is 0 Å². The first-order valence-corrected chi connectivity index (χ1v) is 9.74. The Morgan fingerprint density at radius 3 is 2.57 bits per heavy atom. The second kappa shape index (κ2) is 7.12. The van der Waals surface area contributed by atoms with Crippen LogP contribution < -0.4 is 0 Å². The minimum atomic E-state index is 0.214. The Labute approximate surface area is 174 Å². The fourth-order valence-electron chi connectivity index (χ4n) is 3.76. The maximum atomic E-state index is 10.4. The number of aryl methyl sites for hydroxylation is 2. The molecule has 0 unspecified atom stereocenters. The highest BCUT2D eigenvalue weighted by molar-refractivity contribution is 5.94. The molecule has 2 aromatic carbocycles. The highest BCUT2D eigenvalue weighted by Crippen LogP contribution is 2.35. The van der Waals surface area contributed by atoms with Gasteiger partial charge in [0, 0.05) is 30.6 Å². The number of hydrogen-bond donors (Lipinski definition) is 1. The molecule has 0 spiro atoms. The summed E-state index contributed by atoms with van der Waals surface area (Å²) in [6.45, 7) is 2.00.